The number of carbonyl (C=O) groups is 1. The Kier molecular flexibility index (Phi) is 0.961. The van der Waals surface area contributed by atoms with Crippen molar-refractivity contribution in [3.8, 4) is 0 Å². The van der Waals surface area contributed by atoms with Crippen LogP contribution in [-0.4, -0.2) is 5.78 Å². The van der Waals surface area contributed by atoms with Crippen LogP contribution in [0.5, 0.6) is 0 Å². The van der Waals surface area contributed by atoms with E-state index in [9.17, 15) is 4.79 Å². The molecule has 9 heavy (non-hydrogen) atoms. The molecule has 0 saturated heterocycles. The Morgan fingerprint density at radius 2 is 2.22 bits per heavy atom. The summed E-state index contributed by atoms with van der Waals surface area (Å²) in [5.74, 6) is 2.49. The molecule has 0 radical (unpaired) electrons. The van der Waals surface area contributed by atoms with E-state index in [1.54, 1.807) is 0 Å². The minimum Gasteiger partial charge on any atom is -0.299 e. The van der Waals surface area contributed by atoms with E-state index >= 15 is 0 Å². The maximum absolute atomic E-state index is 11.0. The van der Waals surface area contributed by atoms with Gasteiger partial charge in [-0.3, -0.25) is 4.79 Å². The van der Waals surface area contributed by atoms with E-state index in [2.05, 4.69) is 6.92 Å². The molecule has 50 valence electrons. The molecule has 2 aliphatic carbocycles. The third-order valence-electron chi connectivity index (χ3n) is 2.88. The first-order chi connectivity index (χ1) is 4.27. The van der Waals surface area contributed by atoms with Crippen LogP contribution in [0, 0.1) is 17.8 Å². The second-order valence-corrected chi connectivity index (χ2v) is 3.59. The number of Topliss-reactive ketones (excluding diaryl/α,β-unsaturated/α-hetero) is 1. The van der Waals surface area contributed by atoms with E-state index in [1.807, 2.05) is 0 Å². The summed E-state index contributed by atoms with van der Waals surface area (Å²) in [6.45, 7) is 2.21. The van der Waals surface area contributed by atoms with Gasteiger partial charge in [-0.1, -0.05) is 6.92 Å². The summed E-state index contributed by atoms with van der Waals surface area (Å²) in [5, 5.41) is 0. The fourth-order valence-electron chi connectivity index (χ4n) is 2.43. The van der Waals surface area contributed by atoms with Crippen LogP contribution in [0.4, 0.5) is 0 Å². The molecule has 0 amide bonds. The van der Waals surface area contributed by atoms with Gasteiger partial charge in [-0.25, -0.2) is 0 Å². The van der Waals surface area contributed by atoms with Crippen molar-refractivity contribution in [1.82, 2.24) is 0 Å². The van der Waals surface area contributed by atoms with Gasteiger partial charge in [0.25, 0.3) is 0 Å². The lowest BCUT2D eigenvalue weighted by molar-refractivity contribution is -0.123. The summed E-state index contributed by atoms with van der Waals surface area (Å²) in [7, 11) is 0. The molecular weight excluding hydrogens is 112 g/mol. The smallest absolute Gasteiger partial charge is 0.136 e. The molecule has 0 aromatic rings. The molecule has 0 spiro atoms. The molecule has 0 aromatic heterocycles. The van der Waals surface area contributed by atoms with Gasteiger partial charge in [0.1, 0.15) is 5.78 Å². The SMILES string of the molecule is C[C@@H]1C[C@@H]2CC(=O)[C@H]1C2. The van der Waals surface area contributed by atoms with Crippen molar-refractivity contribution >= 4 is 5.78 Å². The maximum atomic E-state index is 11.0. The summed E-state index contributed by atoms with van der Waals surface area (Å²) < 4.78 is 0. The second-order valence-electron chi connectivity index (χ2n) is 3.59. The van der Waals surface area contributed by atoms with E-state index < -0.39 is 0 Å². The molecule has 1 heteroatoms. The van der Waals surface area contributed by atoms with Crippen molar-refractivity contribution in [2.45, 2.75) is 26.2 Å². The first-order valence-corrected chi connectivity index (χ1v) is 3.80. The molecule has 1 nitrogen and oxygen atoms in total. The van der Waals surface area contributed by atoms with Crippen LogP contribution in [0.15, 0.2) is 0 Å². The van der Waals surface area contributed by atoms with Gasteiger partial charge < -0.3 is 0 Å². The standard InChI is InChI=1S/C8H12O/c1-5-2-6-3-7(5)8(9)4-6/h5-7H,2-4H2,1H3/t5-,6+,7+/m1/s1. The Balaban J connectivity index is 2.21. The first kappa shape index (κ1) is 5.45. The molecule has 2 fully saturated rings. The topological polar surface area (TPSA) is 17.1 Å². The molecule has 3 atom stereocenters. The van der Waals surface area contributed by atoms with Crippen LogP contribution in [0.3, 0.4) is 0 Å². The molecule has 2 rings (SSSR count). The quantitative estimate of drug-likeness (QED) is 0.479. The Hall–Kier alpha value is -0.330. The zero-order chi connectivity index (χ0) is 6.43. The third-order valence-corrected chi connectivity index (χ3v) is 2.88. The Bertz CT molecular complexity index is 151. The molecule has 0 aliphatic heterocycles. The summed E-state index contributed by atoms with van der Waals surface area (Å²) in [6.07, 6.45) is 3.42. The fraction of sp³-hybridized carbons (Fsp3) is 0.875. The van der Waals surface area contributed by atoms with Gasteiger partial charge in [0.2, 0.25) is 0 Å². The van der Waals surface area contributed by atoms with Crippen LogP contribution >= 0.6 is 0 Å². The monoisotopic (exact) mass is 124 g/mol. The normalized spacial score (nSPS) is 48.6. The van der Waals surface area contributed by atoms with Crippen molar-refractivity contribution in [3.05, 3.63) is 0 Å². The Morgan fingerprint density at radius 1 is 1.44 bits per heavy atom. The van der Waals surface area contributed by atoms with Crippen molar-refractivity contribution < 1.29 is 4.79 Å². The van der Waals surface area contributed by atoms with Crippen molar-refractivity contribution in [2.24, 2.45) is 17.8 Å². The highest BCUT2D eigenvalue weighted by Crippen LogP contribution is 2.45. The molecular formula is C8H12O. The van der Waals surface area contributed by atoms with Gasteiger partial charge in [-0.05, 0) is 24.7 Å². The van der Waals surface area contributed by atoms with Crippen LogP contribution in [-0.2, 0) is 4.79 Å². The number of hydrogen-bond acceptors (Lipinski definition) is 1. The molecule has 2 bridgehead atoms. The van der Waals surface area contributed by atoms with Gasteiger partial charge in [-0.2, -0.15) is 0 Å². The zero-order valence-electron chi connectivity index (χ0n) is 5.76. The van der Waals surface area contributed by atoms with E-state index in [4.69, 9.17) is 0 Å². The highest BCUT2D eigenvalue weighted by atomic mass is 16.1. The largest absolute Gasteiger partial charge is 0.299 e. The molecule has 2 saturated carbocycles. The van der Waals surface area contributed by atoms with Gasteiger partial charge in [-0.15, -0.1) is 0 Å². The predicted octanol–water partition coefficient (Wildman–Crippen LogP) is 1.62. The minimum absolute atomic E-state index is 0.468. The number of rotatable bonds is 0. The van der Waals surface area contributed by atoms with Gasteiger partial charge in [0.15, 0.2) is 0 Å². The lowest BCUT2D eigenvalue weighted by Crippen LogP contribution is -2.16. The molecule has 0 unspecified atom stereocenters. The van der Waals surface area contributed by atoms with E-state index in [0.717, 1.165) is 12.3 Å². The van der Waals surface area contributed by atoms with Crippen LogP contribution in [0.1, 0.15) is 26.2 Å². The average Bonchev–Trinajstić information content (AvgIpc) is 2.22. The summed E-state index contributed by atoms with van der Waals surface area (Å²) in [6, 6.07) is 0. The van der Waals surface area contributed by atoms with E-state index in [-0.39, 0.29) is 0 Å². The summed E-state index contributed by atoms with van der Waals surface area (Å²) in [4.78, 5) is 11.0. The number of carbonyl (C=O) groups excluding carboxylic acids is 1. The lowest BCUT2D eigenvalue weighted by atomic mass is 9.90. The average molecular weight is 124 g/mol. The number of hydrogen-bond donors (Lipinski definition) is 0. The summed E-state index contributed by atoms with van der Waals surface area (Å²) >= 11 is 0. The molecule has 0 N–H and O–H groups in total. The zero-order valence-corrected chi connectivity index (χ0v) is 5.76. The van der Waals surface area contributed by atoms with Crippen LogP contribution in [0.25, 0.3) is 0 Å². The first-order valence-electron chi connectivity index (χ1n) is 3.80. The third kappa shape index (κ3) is 0.637. The predicted molar refractivity (Wildman–Crippen MR) is 35.0 cm³/mol. The second kappa shape index (κ2) is 1.59. The number of fused-ring (bicyclic) bond motifs is 2. The lowest BCUT2D eigenvalue weighted by Gasteiger charge is -2.14. The Morgan fingerprint density at radius 3 is 2.56 bits per heavy atom. The van der Waals surface area contributed by atoms with Gasteiger partial charge in [0.05, 0.1) is 0 Å². The highest BCUT2D eigenvalue weighted by molar-refractivity contribution is 5.84. The van der Waals surface area contributed by atoms with Crippen LogP contribution in [0.2, 0.25) is 0 Å². The molecule has 0 heterocycles. The van der Waals surface area contributed by atoms with Crippen LogP contribution < -0.4 is 0 Å². The minimum atomic E-state index is 0.468. The fourth-order valence-corrected chi connectivity index (χ4v) is 2.43. The Labute approximate surface area is 55.4 Å². The number of ketones is 1. The molecule has 0 aromatic carbocycles. The highest BCUT2D eigenvalue weighted by Gasteiger charge is 2.42. The van der Waals surface area contributed by atoms with E-state index in [1.165, 1.54) is 12.8 Å². The van der Waals surface area contributed by atoms with Gasteiger partial charge >= 0.3 is 0 Å². The summed E-state index contributed by atoms with van der Waals surface area (Å²) in [5.41, 5.74) is 0. The van der Waals surface area contributed by atoms with Crippen molar-refractivity contribution in [3.63, 3.8) is 0 Å². The van der Waals surface area contributed by atoms with E-state index in [0.29, 0.717) is 17.6 Å². The maximum Gasteiger partial charge on any atom is 0.136 e. The molecule has 2 aliphatic rings. The van der Waals surface area contributed by atoms with Crippen molar-refractivity contribution in [1.29, 1.82) is 0 Å². The van der Waals surface area contributed by atoms with Gasteiger partial charge in [0, 0.05) is 12.3 Å². The van der Waals surface area contributed by atoms with Crippen molar-refractivity contribution in [2.75, 3.05) is 0 Å².